The van der Waals surface area contributed by atoms with E-state index in [-0.39, 0.29) is 17.2 Å². The Morgan fingerprint density at radius 2 is 1.70 bits per heavy atom. The Bertz CT molecular complexity index is 606. The van der Waals surface area contributed by atoms with Crippen LogP contribution in [-0.4, -0.2) is 24.6 Å². The number of carbonyl (C=O) groups is 2. The van der Waals surface area contributed by atoms with E-state index in [1.807, 2.05) is 0 Å². The van der Waals surface area contributed by atoms with Crippen LogP contribution in [-0.2, 0) is 9.47 Å². The van der Waals surface area contributed by atoms with Crippen molar-refractivity contribution in [2.24, 2.45) is 0 Å². The van der Waals surface area contributed by atoms with E-state index in [0.29, 0.717) is 19.4 Å². The third-order valence-corrected chi connectivity index (χ3v) is 4.24. The summed E-state index contributed by atoms with van der Waals surface area (Å²) in [6.07, 6.45) is 10.7. The van der Waals surface area contributed by atoms with Gasteiger partial charge in [0.15, 0.2) is 0 Å². The van der Waals surface area contributed by atoms with Crippen molar-refractivity contribution in [1.82, 2.24) is 0 Å². The molecule has 0 N–H and O–H groups in total. The number of ether oxygens (including phenoxy) is 2. The topological polar surface area (TPSA) is 52.6 Å². The summed E-state index contributed by atoms with van der Waals surface area (Å²) >= 11 is 0. The minimum absolute atomic E-state index is 0.219. The van der Waals surface area contributed by atoms with Crippen LogP contribution in [0.15, 0.2) is 49.6 Å². The number of allylic oxidation sites excluding steroid dienone is 1. The lowest BCUT2D eigenvalue weighted by molar-refractivity contribution is 0.0273. The van der Waals surface area contributed by atoms with Gasteiger partial charge in [-0.1, -0.05) is 50.5 Å². The van der Waals surface area contributed by atoms with Gasteiger partial charge in [0.2, 0.25) is 0 Å². The molecule has 1 atom stereocenters. The average molecular weight is 373 g/mol. The second kappa shape index (κ2) is 13.8. The zero-order chi connectivity index (χ0) is 19.9. The van der Waals surface area contributed by atoms with Gasteiger partial charge in [0.05, 0.1) is 17.7 Å². The maximum Gasteiger partial charge on any atom is 0.339 e. The summed E-state index contributed by atoms with van der Waals surface area (Å²) in [5.41, 5.74) is 0.485. The van der Waals surface area contributed by atoms with Gasteiger partial charge in [0.25, 0.3) is 0 Å². The molecule has 0 saturated carbocycles. The fourth-order valence-electron chi connectivity index (χ4n) is 2.73. The summed E-state index contributed by atoms with van der Waals surface area (Å²) in [5, 5.41) is 0. The predicted molar refractivity (Wildman–Crippen MR) is 109 cm³/mol. The fourth-order valence-corrected chi connectivity index (χ4v) is 2.73. The maximum absolute atomic E-state index is 12.6. The lowest BCUT2D eigenvalue weighted by Crippen LogP contribution is -2.20. The molecule has 0 saturated heterocycles. The molecule has 0 aliphatic rings. The summed E-state index contributed by atoms with van der Waals surface area (Å²) in [4.78, 5) is 25.0. The number of hydrogen-bond donors (Lipinski definition) is 0. The van der Waals surface area contributed by atoms with Crippen LogP contribution in [0.4, 0.5) is 0 Å². The Balaban J connectivity index is 2.72. The highest BCUT2D eigenvalue weighted by atomic mass is 16.5. The van der Waals surface area contributed by atoms with Crippen molar-refractivity contribution in [3.8, 4) is 0 Å². The molecular formula is C23H32O4. The van der Waals surface area contributed by atoms with E-state index in [1.54, 1.807) is 36.4 Å². The van der Waals surface area contributed by atoms with E-state index in [4.69, 9.17) is 9.47 Å². The van der Waals surface area contributed by atoms with Crippen molar-refractivity contribution >= 4 is 11.9 Å². The highest BCUT2D eigenvalue weighted by Gasteiger charge is 2.21. The molecule has 0 unspecified atom stereocenters. The van der Waals surface area contributed by atoms with Crippen molar-refractivity contribution in [1.29, 1.82) is 0 Å². The van der Waals surface area contributed by atoms with Gasteiger partial charge in [0.1, 0.15) is 6.10 Å². The largest absolute Gasteiger partial charge is 0.462 e. The predicted octanol–water partition coefficient (Wildman–Crippen LogP) is 5.88. The Kier molecular flexibility index (Phi) is 11.6. The molecule has 1 aromatic rings. The van der Waals surface area contributed by atoms with E-state index in [1.165, 1.54) is 6.42 Å². The van der Waals surface area contributed by atoms with Gasteiger partial charge in [-0.3, -0.25) is 0 Å². The van der Waals surface area contributed by atoms with E-state index < -0.39 is 11.9 Å². The van der Waals surface area contributed by atoms with Gasteiger partial charge in [-0.25, -0.2) is 9.59 Å². The van der Waals surface area contributed by atoms with Crippen LogP contribution in [0, 0.1) is 0 Å². The first-order valence-corrected chi connectivity index (χ1v) is 9.82. The van der Waals surface area contributed by atoms with Crippen molar-refractivity contribution in [2.45, 2.75) is 64.4 Å². The molecule has 4 nitrogen and oxygen atoms in total. The summed E-state index contributed by atoms with van der Waals surface area (Å²) < 4.78 is 10.9. The third-order valence-electron chi connectivity index (χ3n) is 4.24. The normalized spacial score (nSPS) is 11.4. The first kappa shape index (κ1) is 22.7. The van der Waals surface area contributed by atoms with Gasteiger partial charge in [-0.15, -0.1) is 13.2 Å². The van der Waals surface area contributed by atoms with Crippen LogP contribution >= 0.6 is 0 Å². The van der Waals surface area contributed by atoms with Crippen molar-refractivity contribution < 1.29 is 19.1 Å². The Labute approximate surface area is 163 Å². The molecule has 0 fully saturated rings. The number of benzene rings is 1. The molecule has 148 valence electrons. The lowest BCUT2D eigenvalue weighted by Gasteiger charge is -2.17. The van der Waals surface area contributed by atoms with Gasteiger partial charge in [-0.05, 0) is 37.8 Å². The molecule has 0 aliphatic carbocycles. The molecule has 0 amide bonds. The van der Waals surface area contributed by atoms with Crippen LogP contribution in [0.1, 0.15) is 79.0 Å². The summed E-state index contributed by atoms with van der Waals surface area (Å²) in [5.74, 6) is -0.995. The van der Waals surface area contributed by atoms with Crippen LogP contribution < -0.4 is 0 Å². The molecular weight excluding hydrogens is 340 g/mol. The number of rotatable bonds is 14. The van der Waals surface area contributed by atoms with Crippen LogP contribution in [0.25, 0.3) is 0 Å². The summed E-state index contributed by atoms with van der Waals surface area (Å²) in [7, 11) is 0. The first-order valence-electron chi connectivity index (χ1n) is 9.82. The average Bonchev–Trinajstić information content (AvgIpc) is 2.68. The molecule has 4 heteroatoms. The summed E-state index contributed by atoms with van der Waals surface area (Å²) in [6, 6.07) is 6.62. The van der Waals surface area contributed by atoms with Gasteiger partial charge < -0.3 is 9.47 Å². The minimum atomic E-state index is -0.505. The molecule has 0 aliphatic heterocycles. The van der Waals surface area contributed by atoms with E-state index in [2.05, 4.69) is 20.1 Å². The number of unbranched alkanes of at least 4 members (excludes halogenated alkanes) is 4. The van der Waals surface area contributed by atoms with Gasteiger partial charge >= 0.3 is 11.9 Å². The summed E-state index contributed by atoms with van der Waals surface area (Å²) in [6.45, 7) is 9.84. The van der Waals surface area contributed by atoms with Crippen LogP contribution in [0.2, 0.25) is 0 Å². The second-order valence-corrected chi connectivity index (χ2v) is 6.51. The lowest BCUT2D eigenvalue weighted by atomic mass is 10.1. The fraction of sp³-hybridized carbons (Fsp3) is 0.478. The smallest absolute Gasteiger partial charge is 0.339 e. The number of hydrogen-bond acceptors (Lipinski definition) is 4. The molecule has 0 spiro atoms. The monoisotopic (exact) mass is 372 g/mol. The molecule has 1 rings (SSSR count). The first-order chi connectivity index (χ1) is 13.1. The SMILES string of the molecule is C=CCCCOC(=O)c1ccccc1C(=O)O[C@@H](CC=C)CCCCCC. The molecule has 1 aromatic carbocycles. The van der Waals surface area contributed by atoms with Crippen LogP contribution in [0.3, 0.4) is 0 Å². The quantitative estimate of drug-likeness (QED) is 0.232. The van der Waals surface area contributed by atoms with Crippen molar-refractivity contribution in [2.75, 3.05) is 6.61 Å². The van der Waals surface area contributed by atoms with Crippen LogP contribution in [0.5, 0.6) is 0 Å². The molecule has 0 heterocycles. The Hall–Kier alpha value is -2.36. The molecule has 0 aromatic heterocycles. The highest BCUT2D eigenvalue weighted by Crippen LogP contribution is 2.17. The standard InChI is InChI=1S/C23H32O4/c1-4-7-9-10-15-19(14-6-3)27-23(25)21-17-12-11-16-20(21)22(24)26-18-13-8-5-2/h5-6,11-12,16-17,19H,2-4,7-10,13-15,18H2,1H3/t19-/m0/s1. The zero-order valence-electron chi connectivity index (χ0n) is 16.5. The maximum atomic E-state index is 12.6. The van der Waals surface area contributed by atoms with E-state index in [9.17, 15) is 9.59 Å². The zero-order valence-corrected chi connectivity index (χ0v) is 16.5. The number of carbonyl (C=O) groups excluding carboxylic acids is 2. The van der Waals surface area contributed by atoms with E-state index >= 15 is 0 Å². The Morgan fingerprint density at radius 1 is 1.00 bits per heavy atom. The molecule has 0 radical (unpaired) electrons. The van der Waals surface area contributed by atoms with Crippen molar-refractivity contribution in [3.63, 3.8) is 0 Å². The second-order valence-electron chi connectivity index (χ2n) is 6.51. The highest BCUT2D eigenvalue weighted by molar-refractivity contribution is 6.03. The van der Waals surface area contributed by atoms with E-state index in [0.717, 1.165) is 32.1 Å². The van der Waals surface area contributed by atoms with Gasteiger partial charge in [-0.2, -0.15) is 0 Å². The molecule has 0 bridgehead atoms. The van der Waals surface area contributed by atoms with Gasteiger partial charge in [0, 0.05) is 6.42 Å². The Morgan fingerprint density at radius 3 is 2.33 bits per heavy atom. The molecule has 27 heavy (non-hydrogen) atoms. The minimum Gasteiger partial charge on any atom is -0.462 e. The number of esters is 2. The third kappa shape index (κ3) is 8.72. The van der Waals surface area contributed by atoms with Crippen molar-refractivity contribution in [3.05, 3.63) is 60.7 Å².